The zero-order valence-electron chi connectivity index (χ0n) is 12.9. The molecule has 0 unspecified atom stereocenters. The fourth-order valence-electron chi connectivity index (χ4n) is 3.46. The van der Waals surface area contributed by atoms with Gasteiger partial charge in [-0.3, -0.25) is 4.79 Å². The topological polar surface area (TPSA) is 63.9 Å². The Morgan fingerprint density at radius 3 is 2.96 bits per heavy atom. The number of benzene rings is 1. The number of aromatic nitrogens is 4. The number of carbonyl (C=O) groups is 1. The van der Waals surface area contributed by atoms with Crippen LogP contribution in [-0.2, 0) is 11.2 Å². The Hall–Kier alpha value is -1.89. The second-order valence-corrected chi connectivity index (χ2v) is 7.00. The van der Waals surface area contributed by atoms with Crippen LogP contribution in [-0.4, -0.2) is 38.4 Å². The molecule has 1 aliphatic carbocycles. The third-order valence-corrected chi connectivity index (χ3v) is 5.56. The second-order valence-electron chi connectivity index (χ2n) is 6.06. The molecule has 1 fully saturated rings. The van der Waals surface area contributed by atoms with E-state index in [1.165, 1.54) is 30.2 Å². The SMILES string of the molecule is O=C(CSc1nnnn1C1CCCC1)N1CCc2ccccc21. The summed E-state index contributed by atoms with van der Waals surface area (Å²) in [7, 11) is 0. The Bertz CT molecular complexity index is 710. The number of thioether (sulfide) groups is 1. The highest BCUT2D eigenvalue weighted by molar-refractivity contribution is 7.99. The zero-order chi connectivity index (χ0) is 15.6. The van der Waals surface area contributed by atoms with Gasteiger partial charge in [-0.05, 0) is 41.3 Å². The van der Waals surface area contributed by atoms with Gasteiger partial charge in [0.2, 0.25) is 11.1 Å². The molecule has 1 amide bonds. The molecule has 1 saturated carbocycles. The Kier molecular flexibility index (Phi) is 4.03. The minimum atomic E-state index is 0.126. The fraction of sp³-hybridized carbons (Fsp3) is 0.500. The molecule has 23 heavy (non-hydrogen) atoms. The number of rotatable bonds is 4. The van der Waals surface area contributed by atoms with Crippen LogP contribution in [0.2, 0.25) is 0 Å². The Morgan fingerprint density at radius 1 is 1.26 bits per heavy atom. The van der Waals surface area contributed by atoms with E-state index in [1.54, 1.807) is 0 Å². The first-order valence-electron chi connectivity index (χ1n) is 8.12. The molecule has 2 aromatic rings. The fourth-order valence-corrected chi connectivity index (χ4v) is 4.28. The Balaban J connectivity index is 1.42. The summed E-state index contributed by atoms with van der Waals surface area (Å²) in [4.78, 5) is 14.4. The van der Waals surface area contributed by atoms with Crippen LogP contribution in [0.3, 0.4) is 0 Å². The molecule has 1 aromatic carbocycles. The highest BCUT2D eigenvalue weighted by Gasteiger charge is 2.26. The quantitative estimate of drug-likeness (QED) is 0.806. The second kappa shape index (κ2) is 6.31. The van der Waals surface area contributed by atoms with Gasteiger partial charge < -0.3 is 4.90 Å². The van der Waals surface area contributed by atoms with Gasteiger partial charge in [-0.1, -0.05) is 42.8 Å². The van der Waals surface area contributed by atoms with Crippen molar-refractivity contribution in [2.24, 2.45) is 0 Å². The molecule has 0 bridgehead atoms. The molecule has 2 heterocycles. The Labute approximate surface area is 139 Å². The van der Waals surface area contributed by atoms with E-state index in [9.17, 15) is 4.79 Å². The van der Waals surface area contributed by atoms with Crippen LogP contribution in [0.4, 0.5) is 5.69 Å². The molecule has 0 saturated heterocycles. The molecule has 0 N–H and O–H groups in total. The lowest BCUT2D eigenvalue weighted by atomic mass is 10.2. The van der Waals surface area contributed by atoms with Crippen LogP contribution in [0.1, 0.15) is 37.3 Å². The average Bonchev–Trinajstić information content (AvgIpc) is 3.30. The number of amides is 1. The molecule has 0 radical (unpaired) electrons. The van der Waals surface area contributed by atoms with Crippen molar-refractivity contribution in [3.63, 3.8) is 0 Å². The molecule has 0 atom stereocenters. The van der Waals surface area contributed by atoms with Crippen LogP contribution in [0.5, 0.6) is 0 Å². The highest BCUT2D eigenvalue weighted by Crippen LogP contribution is 2.32. The summed E-state index contributed by atoms with van der Waals surface area (Å²) in [6, 6.07) is 8.52. The number of hydrogen-bond donors (Lipinski definition) is 0. The van der Waals surface area contributed by atoms with E-state index < -0.39 is 0 Å². The van der Waals surface area contributed by atoms with E-state index in [-0.39, 0.29) is 5.91 Å². The first kappa shape index (κ1) is 14.7. The summed E-state index contributed by atoms with van der Waals surface area (Å²) in [6.45, 7) is 0.770. The van der Waals surface area contributed by atoms with Crippen molar-refractivity contribution in [2.75, 3.05) is 17.2 Å². The zero-order valence-corrected chi connectivity index (χ0v) is 13.7. The number of tetrazole rings is 1. The molecule has 7 heteroatoms. The van der Waals surface area contributed by atoms with E-state index in [2.05, 4.69) is 21.6 Å². The average molecular weight is 329 g/mol. The smallest absolute Gasteiger partial charge is 0.237 e. The summed E-state index contributed by atoms with van der Waals surface area (Å²) in [5.41, 5.74) is 2.30. The lowest BCUT2D eigenvalue weighted by Crippen LogP contribution is -2.30. The number of para-hydroxylation sites is 1. The molecular formula is C16H19N5OS. The van der Waals surface area contributed by atoms with Crippen molar-refractivity contribution in [1.82, 2.24) is 20.2 Å². The molecule has 1 aromatic heterocycles. The van der Waals surface area contributed by atoms with Crippen LogP contribution in [0.25, 0.3) is 0 Å². The van der Waals surface area contributed by atoms with Gasteiger partial charge in [-0.2, -0.15) is 0 Å². The van der Waals surface area contributed by atoms with Crippen molar-refractivity contribution >= 4 is 23.4 Å². The van der Waals surface area contributed by atoms with Crippen LogP contribution >= 0.6 is 11.8 Å². The Morgan fingerprint density at radius 2 is 2.09 bits per heavy atom. The summed E-state index contributed by atoms with van der Waals surface area (Å²) in [5.74, 6) is 0.502. The van der Waals surface area contributed by atoms with Crippen LogP contribution in [0, 0.1) is 0 Å². The third kappa shape index (κ3) is 2.85. The van der Waals surface area contributed by atoms with E-state index in [0.29, 0.717) is 11.8 Å². The molecule has 0 spiro atoms. The van der Waals surface area contributed by atoms with Crippen molar-refractivity contribution in [3.8, 4) is 0 Å². The minimum Gasteiger partial charge on any atom is -0.311 e. The molecule has 6 nitrogen and oxygen atoms in total. The van der Waals surface area contributed by atoms with Crippen molar-refractivity contribution < 1.29 is 4.79 Å². The van der Waals surface area contributed by atoms with Crippen LogP contribution in [0.15, 0.2) is 29.4 Å². The monoisotopic (exact) mass is 329 g/mol. The largest absolute Gasteiger partial charge is 0.311 e. The lowest BCUT2D eigenvalue weighted by molar-refractivity contribution is -0.116. The number of anilines is 1. The molecule has 1 aliphatic heterocycles. The normalized spacial score (nSPS) is 17.7. The maximum absolute atomic E-state index is 12.6. The van der Waals surface area contributed by atoms with Crippen molar-refractivity contribution in [3.05, 3.63) is 29.8 Å². The summed E-state index contributed by atoms with van der Waals surface area (Å²) < 4.78 is 1.91. The van der Waals surface area contributed by atoms with Crippen molar-refractivity contribution in [1.29, 1.82) is 0 Å². The molecule has 120 valence electrons. The standard InChI is InChI=1S/C16H19N5OS/c22-15(20-10-9-12-5-1-4-8-14(12)20)11-23-16-17-18-19-21(16)13-6-2-3-7-13/h1,4-5,8,13H,2-3,6-7,9-11H2. The van der Waals surface area contributed by atoms with Gasteiger partial charge in [0.25, 0.3) is 0 Å². The van der Waals surface area contributed by atoms with Gasteiger partial charge in [-0.25, -0.2) is 4.68 Å². The maximum Gasteiger partial charge on any atom is 0.237 e. The summed E-state index contributed by atoms with van der Waals surface area (Å²) in [5, 5.41) is 12.8. The predicted octanol–water partition coefficient (Wildman–Crippen LogP) is 2.47. The number of carbonyl (C=O) groups excluding carboxylic acids is 1. The van der Waals surface area contributed by atoms with Crippen LogP contribution < -0.4 is 4.90 Å². The van der Waals surface area contributed by atoms with Gasteiger partial charge in [0, 0.05) is 12.2 Å². The third-order valence-electron chi connectivity index (χ3n) is 4.65. The van der Waals surface area contributed by atoms with E-state index in [1.807, 2.05) is 27.8 Å². The summed E-state index contributed by atoms with van der Waals surface area (Å²) >= 11 is 1.45. The molecular weight excluding hydrogens is 310 g/mol. The minimum absolute atomic E-state index is 0.126. The molecule has 2 aliphatic rings. The number of hydrogen-bond acceptors (Lipinski definition) is 5. The highest BCUT2D eigenvalue weighted by atomic mass is 32.2. The number of nitrogens with zero attached hydrogens (tertiary/aromatic N) is 5. The first-order valence-corrected chi connectivity index (χ1v) is 9.10. The first-order chi connectivity index (χ1) is 11.3. The maximum atomic E-state index is 12.6. The lowest BCUT2D eigenvalue weighted by Gasteiger charge is -2.17. The predicted molar refractivity (Wildman–Crippen MR) is 88.5 cm³/mol. The van der Waals surface area contributed by atoms with E-state index >= 15 is 0 Å². The van der Waals surface area contributed by atoms with Gasteiger partial charge >= 0.3 is 0 Å². The van der Waals surface area contributed by atoms with Gasteiger partial charge in [0.05, 0.1) is 11.8 Å². The van der Waals surface area contributed by atoms with E-state index in [0.717, 1.165) is 36.7 Å². The summed E-state index contributed by atoms with van der Waals surface area (Å²) in [6.07, 6.45) is 5.67. The van der Waals surface area contributed by atoms with Gasteiger partial charge in [0.1, 0.15) is 0 Å². The van der Waals surface area contributed by atoms with Gasteiger partial charge in [-0.15, -0.1) is 5.10 Å². The van der Waals surface area contributed by atoms with E-state index in [4.69, 9.17) is 0 Å². The van der Waals surface area contributed by atoms with Crippen molar-refractivity contribution in [2.45, 2.75) is 43.3 Å². The van der Waals surface area contributed by atoms with Gasteiger partial charge in [0.15, 0.2) is 0 Å². The molecule has 4 rings (SSSR count). The number of fused-ring (bicyclic) bond motifs is 1.